The van der Waals surface area contributed by atoms with Crippen molar-refractivity contribution in [1.82, 2.24) is 10.3 Å². The van der Waals surface area contributed by atoms with E-state index in [-0.39, 0.29) is 46.3 Å². The fraction of sp³-hybridized carbons (Fsp3) is 0.500. The number of hydrogen-bond acceptors (Lipinski definition) is 7. The maximum absolute atomic E-state index is 10.9. The second kappa shape index (κ2) is 6.37. The Kier molecular flexibility index (Phi) is 4.95. The molecule has 0 saturated heterocycles. The molecule has 0 aliphatic heterocycles. The van der Waals surface area contributed by atoms with Crippen molar-refractivity contribution in [1.29, 1.82) is 0 Å². The molecular weight excluding hydrogens is 289 g/mol. The van der Waals surface area contributed by atoms with Crippen LogP contribution in [0.5, 0.6) is 0 Å². The molecule has 21 heavy (non-hydrogen) atoms. The molecule has 2 atom stereocenters. The van der Waals surface area contributed by atoms with Crippen LogP contribution in [-0.2, 0) is 0 Å². The first kappa shape index (κ1) is 16.3. The van der Waals surface area contributed by atoms with E-state index in [9.17, 15) is 20.3 Å². The van der Waals surface area contributed by atoms with Crippen LogP contribution >= 0.6 is 0 Å². The summed E-state index contributed by atoms with van der Waals surface area (Å²) in [6.07, 6.45) is 0.475. The predicted octanol–water partition coefficient (Wildman–Crippen LogP) is 0.472. The number of nitro benzene ring substituents is 1. The third kappa shape index (κ3) is 2.82. The molecule has 0 radical (unpaired) electrons. The number of aromatic nitrogens is 2. The number of aliphatic hydroxyl groups is 2. The Morgan fingerprint density at radius 1 is 1.19 bits per heavy atom. The SMILES string of the molecule is O=[N+]([O-])c1ccc(C2C(O)CCCC2O)c2nonc12.[NaH]. The van der Waals surface area contributed by atoms with Gasteiger partial charge in [-0.15, -0.1) is 0 Å². The standard InChI is InChI=1S/C12H13N3O5.Na.H/c16-8-2-1-3-9(17)10(8)6-4-5-7(15(18)19)12-11(6)13-20-14-12;;/h4-5,8-10,16-17H,1-3H2;;. The third-order valence-corrected chi connectivity index (χ3v) is 3.81. The molecule has 2 aromatic rings. The Bertz CT molecular complexity index is 651. The summed E-state index contributed by atoms with van der Waals surface area (Å²) < 4.78 is 4.59. The van der Waals surface area contributed by atoms with E-state index >= 15 is 0 Å². The Hall–Kier alpha value is -1.06. The second-order valence-electron chi connectivity index (χ2n) is 4.98. The van der Waals surface area contributed by atoms with Crippen LogP contribution in [0.3, 0.4) is 0 Å². The molecule has 1 aliphatic carbocycles. The summed E-state index contributed by atoms with van der Waals surface area (Å²) in [5, 5.41) is 38.4. The van der Waals surface area contributed by atoms with Crippen molar-refractivity contribution in [2.75, 3.05) is 0 Å². The molecule has 1 fully saturated rings. The number of benzene rings is 1. The molecule has 1 saturated carbocycles. The molecule has 1 aromatic carbocycles. The molecule has 9 heteroatoms. The molecule has 0 bridgehead atoms. The van der Waals surface area contributed by atoms with Crippen molar-refractivity contribution in [2.45, 2.75) is 37.4 Å². The van der Waals surface area contributed by atoms with Gasteiger partial charge in [-0.25, -0.2) is 4.63 Å². The van der Waals surface area contributed by atoms with Crippen LogP contribution in [0, 0.1) is 10.1 Å². The van der Waals surface area contributed by atoms with Gasteiger partial charge in [0.05, 0.1) is 17.1 Å². The molecule has 2 unspecified atom stereocenters. The molecule has 3 rings (SSSR count). The van der Waals surface area contributed by atoms with Gasteiger partial charge in [0.1, 0.15) is 5.52 Å². The van der Waals surface area contributed by atoms with Gasteiger partial charge >= 0.3 is 35.2 Å². The molecular formula is C12H14N3NaO5. The van der Waals surface area contributed by atoms with Gasteiger partial charge in [-0.05, 0) is 41.2 Å². The monoisotopic (exact) mass is 303 g/mol. The minimum atomic E-state index is -0.708. The molecule has 2 N–H and O–H groups in total. The zero-order valence-electron chi connectivity index (χ0n) is 10.5. The summed E-state index contributed by atoms with van der Waals surface area (Å²) in [6, 6.07) is 2.81. The Morgan fingerprint density at radius 3 is 2.43 bits per heavy atom. The number of nitro groups is 1. The molecule has 0 spiro atoms. The molecule has 1 heterocycles. The van der Waals surface area contributed by atoms with Crippen molar-refractivity contribution in [3.05, 3.63) is 27.8 Å². The summed E-state index contributed by atoms with van der Waals surface area (Å²) in [4.78, 5) is 10.4. The molecule has 1 aliphatic rings. The van der Waals surface area contributed by atoms with E-state index in [1.807, 2.05) is 0 Å². The predicted molar refractivity (Wildman–Crippen MR) is 74.2 cm³/mol. The summed E-state index contributed by atoms with van der Waals surface area (Å²) in [6.45, 7) is 0. The van der Waals surface area contributed by atoms with Crippen molar-refractivity contribution >= 4 is 46.3 Å². The summed E-state index contributed by atoms with van der Waals surface area (Å²) in [7, 11) is 0. The molecule has 108 valence electrons. The Balaban J connectivity index is 0.00000161. The summed E-state index contributed by atoms with van der Waals surface area (Å²) in [5.41, 5.74) is 0.595. The summed E-state index contributed by atoms with van der Waals surface area (Å²) in [5.74, 6) is -0.529. The van der Waals surface area contributed by atoms with Crippen LogP contribution in [0.25, 0.3) is 11.0 Å². The van der Waals surface area contributed by atoms with Crippen LogP contribution in [0.4, 0.5) is 5.69 Å². The van der Waals surface area contributed by atoms with Crippen LogP contribution in [0.1, 0.15) is 30.7 Å². The van der Waals surface area contributed by atoms with Gasteiger partial charge in [-0.1, -0.05) is 0 Å². The van der Waals surface area contributed by atoms with Crippen molar-refractivity contribution < 1.29 is 19.8 Å². The zero-order valence-corrected chi connectivity index (χ0v) is 10.5. The zero-order chi connectivity index (χ0) is 14.3. The Labute approximate surface area is 141 Å². The molecule has 0 amide bonds. The van der Waals surface area contributed by atoms with Gasteiger partial charge in [0.25, 0.3) is 0 Å². The minimum absolute atomic E-state index is 0. The maximum atomic E-state index is 10.9. The second-order valence-corrected chi connectivity index (χ2v) is 4.98. The van der Waals surface area contributed by atoms with Crippen molar-refractivity contribution in [3.63, 3.8) is 0 Å². The van der Waals surface area contributed by atoms with E-state index in [1.165, 1.54) is 12.1 Å². The van der Waals surface area contributed by atoms with Gasteiger partial charge in [0, 0.05) is 12.0 Å². The van der Waals surface area contributed by atoms with E-state index in [0.29, 0.717) is 18.4 Å². The fourth-order valence-electron chi connectivity index (χ4n) is 2.86. The number of aliphatic hydroxyl groups excluding tert-OH is 2. The number of hydrogen-bond donors (Lipinski definition) is 2. The van der Waals surface area contributed by atoms with E-state index < -0.39 is 23.0 Å². The fourth-order valence-corrected chi connectivity index (χ4v) is 2.86. The molecule has 8 nitrogen and oxygen atoms in total. The first-order valence-electron chi connectivity index (χ1n) is 6.35. The van der Waals surface area contributed by atoms with E-state index in [4.69, 9.17) is 0 Å². The normalized spacial score (nSPS) is 25.5. The number of non-ortho nitro benzene ring substituents is 1. The average molecular weight is 303 g/mol. The van der Waals surface area contributed by atoms with E-state index in [2.05, 4.69) is 14.9 Å². The van der Waals surface area contributed by atoms with Crippen molar-refractivity contribution in [3.8, 4) is 0 Å². The van der Waals surface area contributed by atoms with Crippen LogP contribution in [-0.4, -0.2) is 67.2 Å². The first-order valence-corrected chi connectivity index (χ1v) is 6.35. The van der Waals surface area contributed by atoms with Gasteiger partial charge in [0.2, 0.25) is 5.52 Å². The van der Waals surface area contributed by atoms with E-state index in [0.717, 1.165) is 6.42 Å². The van der Waals surface area contributed by atoms with Crippen molar-refractivity contribution in [2.24, 2.45) is 0 Å². The Morgan fingerprint density at radius 2 is 1.81 bits per heavy atom. The van der Waals surface area contributed by atoms with Gasteiger partial charge in [-0.2, -0.15) is 0 Å². The average Bonchev–Trinajstić information content (AvgIpc) is 2.87. The van der Waals surface area contributed by atoms with Crippen LogP contribution < -0.4 is 0 Å². The van der Waals surface area contributed by atoms with Crippen LogP contribution in [0.2, 0.25) is 0 Å². The number of rotatable bonds is 2. The van der Waals surface area contributed by atoms with Gasteiger partial charge in [0.15, 0.2) is 0 Å². The quantitative estimate of drug-likeness (QED) is 0.469. The van der Waals surface area contributed by atoms with Gasteiger partial charge in [-0.3, -0.25) is 10.1 Å². The van der Waals surface area contributed by atoms with Crippen LogP contribution in [0.15, 0.2) is 16.8 Å². The van der Waals surface area contributed by atoms with Gasteiger partial charge < -0.3 is 10.2 Å². The number of fused-ring (bicyclic) bond motifs is 1. The molecule has 1 aromatic heterocycles. The number of nitrogens with zero attached hydrogens (tertiary/aromatic N) is 3. The third-order valence-electron chi connectivity index (χ3n) is 3.81. The van der Waals surface area contributed by atoms with E-state index in [1.54, 1.807) is 0 Å². The first-order chi connectivity index (χ1) is 9.59. The summed E-state index contributed by atoms with van der Waals surface area (Å²) >= 11 is 0. The topological polar surface area (TPSA) is 123 Å².